The molecule has 0 aromatic heterocycles. The average molecular weight is 452 g/mol. The lowest BCUT2D eigenvalue weighted by Crippen LogP contribution is -2.34. The molecule has 0 aliphatic carbocycles. The number of nitrogens with two attached hydrogens (primary N) is 1. The van der Waals surface area contributed by atoms with Crippen molar-refractivity contribution in [1.82, 2.24) is 5.32 Å². The van der Waals surface area contributed by atoms with Gasteiger partial charge in [0.15, 0.2) is 10.9 Å². The third kappa shape index (κ3) is 4.57. The van der Waals surface area contributed by atoms with Crippen LogP contribution in [-0.4, -0.2) is 11.0 Å². The predicted molar refractivity (Wildman–Crippen MR) is 99.1 cm³/mol. The number of carbonyl (C=O) groups is 1. The third-order valence-corrected chi connectivity index (χ3v) is 4.25. The van der Waals surface area contributed by atoms with Crippen molar-refractivity contribution in [2.24, 2.45) is 5.73 Å². The van der Waals surface area contributed by atoms with E-state index in [4.69, 9.17) is 33.7 Å². The first-order valence-electron chi connectivity index (χ1n) is 6.45. The summed E-state index contributed by atoms with van der Waals surface area (Å²) >= 11 is 20.0. The molecular weight excluding hydrogens is 442 g/mol. The first-order chi connectivity index (χ1) is 11.3. The number of rotatable bonds is 4. The second-order valence-electron chi connectivity index (χ2n) is 4.58. The summed E-state index contributed by atoms with van der Waals surface area (Å²) < 4.78 is 19.7. The molecule has 0 aliphatic heterocycles. The quantitative estimate of drug-likeness (QED) is 0.674. The summed E-state index contributed by atoms with van der Waals surface area (Å²) in [5.41, 5.74) is 5.70. The number of nitrogens with one attached hydrogen (secondary N) is 1. The van der Waals surface area contributed by atoms with Crippen molar-refractivity contribution < 1.29 is 13.9 Å². The molecule has 4 nitrogen and oxygen atoms in total. The second-order valence-corrected chi connectivity index (χ2v) is 6.68. The number of thiocarbonyl (C=S) groups is 1. The number of carbonyl (C=O) groups excluding carboxylic acids is 1. The average Bonchev–Trinajstić information content (AvgIpc) is 2.48. The number of ether oxygens (including phenoxy) is 1. The molecule has 2 aromatic rings. The smallest absolute Gasteiger partial charge is 0.257 e. The minimum absolute atomic E-state index is 0.123. The van der Waals surface area contributed by atoms with Crippen molar-refractivity contribution in [1.29, 1.82) is 0 Å². The standard InChI is InChI=1S/C15H10BrCl2FN2O2S/c16-9-4-7(14(22)21-15(20)24)5-11(18)13(9)23-6-8-10(17)2-1-3-12(8)19/h1-5H,6H2,(H3,20,21,22,24). The Morgan fingerprint density at radius 1 is 1.33 bits per heavy atom. The minimum atomic E-state index is -0.506. The SMILES string of the molecule is NC(=S)NC(=O)c1cc(Cl)c(OCc2c(F)cccc2Cl)c(Br)c1. The van der Waals surface area contributed by atoms with Crippen LogP contribution >= 0.6 is 51.3 Å². The van der Waals surface area contributed by atoms with Crippen molar-refractivity contribution in [2.45, 2.75) is 6.61 Å². The number of halogens is 4. The maximum absolute atomic E-state index is 13.8. The van der Waals surface area contributed by atoms with Gasteiger partial charge in [0.1, 0.15) is 12.4 Å². The van der Waals surface area contributed by atoms with E-state index in [1.807, 2.05) is 0 Å². The van der Waals surface area contributed by atoms with E-state index < -0.39 is 11.7 Å². The van der Waals surface area contributed by atoms with E-state index >= 15 is 0 Å². The minimum Gasteiger partial charge on any atom is -0.486 e. The van der Waals surface area contributed by atoms with Crippen molar-refractivity contribution >= 4 is 62.4 Å². The van der Waals surface area contributed by atoms with Gasteiger partial charge in [0, 0.05) is 11.1 Å². The molecule has 0 fully saturated rings. The van der Waals surface area contributed by atoms with Gasteiger partial charge < -0.3 is 10.5 Å². The number of benzene rings is 2. The highest BCUT2D eigenvalue weighted by atomic mass is 79.9. The summed E-state index contributed by atoms with van der Waals surface area (Å²) in [5, 5.41) is 2.54. The van der Waals surface area contributed by atoms with Gasteiger partial charge in [-0.2, -0.15) is 0 Å². The molecule has 24 heavy (non-hydrogen) atoms. The fraction of sp³-hybridized carbons (Fsp3) is 0.0667. The van der Waals surface area contributed by atoms with Gasteiger partial charge in [0.2, 0.25) is 0 Å². The van der Waals surface area contributed by atoms with Crippen LogP contribution in [0.5, 0.6) is 5.75 Å². The van der Waals surface area contributed by atoms with E-state index in [2.05, 4.69) is 33.5 Å². The number of amides is 1. The van der Waals surface area contributed by atoms with Crippen LogP contribution in [0.3, 0.4) is 0 Å². The molecule has 0 atom stereocenters. The highest BCUT2D eigenvalue weighted by molar-refractivity contribution is 9.10. The molecular formula is C15H10BrCl2FN2O2S. The van der Waals surface area contributed by atoms with Gasteiger partial charge >= 0.3 is 0 Å². The lowest BCUT2D eigenvalue weighted by atomic mass is 10.2. The van der Waals surface area contributed by atoms with Crippen LogP contribution in [0, 0.1) is 5.82 Å². The van der Waals surface area contributed by atoms with Crippen molar-refractivity contribution in [3.05, 3.63) is 61.8 Å². The molecule has 1 amide bonds. The summed E-state index contributed by atoms with van der Waals surface area (Å²) in [6, 6.07) is 7.21. The Hall–Kier alpha value is -1.41. The zero-order chi connectivity index (χ0) is 17.9. The molecule has 0 bridgehead atoms. The Morgan fingerprint density at radius 2 is 2.04 bits per heavy atom. The first kappa shape index (κ1) is 18.9. The number of hydrogen-bond donors (Lipinski definition) is 2. The molecule has 0 heterocycles. The van der Waals surface area contributed by atoms with Gasteiger partial charge in [-0.25, -0.2) is 4.39 Å². The molecule has 3 N–H and O–H groups in total. The molecule has 0 spiro atoms. The summed E-state index contributed by atoms with van der Waals surface area (Å²) in [6.45, 7) is -0.123. The van der Waals surface area contributed by atoms with Gasteiger partial charge in [-0.15, -0.1) is 0 Å². The summed E-state index contributed by atoms with van der Waals surface area (Å²) in [4.78, 5) is 11.9. The van der Waals surface area contributed by atoms with Crippen LogP contribution in [0.4, 0.5) is 4.39 Å². The van der Waals surface area contributed by atoms with Gasteiger partial charge in [-0.05, 0) is 52.4 Å². The van der Waals surface area contributed by atoms with E-state index in [-0.39, 0.29) is 38.6 Å². The Morgan fingerprint density at radius 3 is 2.62 bits per heavy atom. The molecule has 0 saturated carbocycles. The molecule has 9 heteroatoms. The second kappa shape index (κ2) is 8.11. The molecule has 2 aromatic carbocycles. The highest BCUT2D eigenvalue weighted by Gasteiger charge is 2.16. The lowest BCUT2D eigenvalue weighted by molar-refractivity contribution is 0.0977. The molecule has 0 unspecified atom stereocenters. The van der Waals surface area contributed by atoms with Gasteiger partial charge in [0.05, 0.1) is 14.5 Å². The van der Waals surface area contributed by atoms with Gasteiger partial charge in [0.25, 0.3) is 5.91 Å². The normalized spacial score (nSPS) is 10.3. The summed E-state index contributed by atoms with van der Waals surface area (Å²) in [7, 11) is 0. The molecule has 0 aliphatic rings. The zero-order valence-electron chi connectivity index (χ0n) is 11.9. The van der Waals surface area contributed by atoms with Crippen LogP contribution < -0.4 is 15.8 Å². The molecule has 0 radical (unpaired) electrons. The summed E-state index contributed by atoms with van der Waals surface area (Å²) in [5.74, 6) is -0.737. The maximum Gasteiger partial charge on any atom is 0.257 e. The Balaban J connectivity index is 2.23. The fourth-order valence-electron chi connectivity index (χ4n) is 1.83. The first-order valence-corrected chi connectivity index (χ1v) is 8.41. The monoisotopic (exact) mass is 450 g/mol. The fourth-order valence-corrected chi connectivity index (χ4v) is 3.10. The van der Waals surface area contributed by atoms with Crippen LogP contribution in [0.2, 0.25) is 10.0 Å². The van der Waals surface area contributed by atoms with Crippen molar-refractivity contribution in [3.63, 3.8) is 0 Å². The molecule has 2 rings (SSSR count). The van der Waals surface area contributed by atoms with E-state index in [0.29, 0.717) is 4.47 Å². The summed E-state index contributed by atoms with van der Waals surface area (Å²) in [6.07, 6.45) is 0. The van der Waals surface area contributed by atoms with E-state index in [0.717, 1.165) is 0 Å². The van der Waals surface area contributed by atoms with Crippen LogP contribution in [-0.2, 0) is 6.61 Å². The third-order valence-electron chi connectivity index (χ3n) is 2.92. The van der Waals surface area contributed by atoms with E-state index in [1.54, 1.807) is 6.07 Å². The van der Waals surface area contributed by atoms with Crippen LogP contribution in [0.15, 0.2) is 34.8 Å². The topological polar surface area (TPSA) is 64.3 Å². The van der Waals surface area contributed by atoms with Gasteiger partial charge in [-0.1, -0.05) is 29.3 Å². The van der Waals surface area contributed by atoms with Crippen LogP contribution in [0.25, 0.3) is 0 Å². The lowest BCUT2D eigenvalue weighted by Gasteiger charge is -2.13. The molecule has 0 saturated heterocycles. The maximum atomic E-state index is 13.8. The van der Waals surface area contributed by atoms with Crippen LogP contribution in [0.1, 0.15) is 15.9 Å². The Bertz CT molecular complexity index is 777. The molecule has 126 valence electrons. The van der Waals surface area contributed by atoms with E-state index in [1.165, 1.54) is 24.3 Å². The van der Waals surface area contributed by atoms with Gasteiger partial charge in [-0.3, -0.25) is 10.1 Å². The Labute approximate surface area is 161 Å². The van der Waals surface area contributed by atoms with Crippen molar-refractivity contribution in [2.75, 3.05) is 0 Å². The van der Waals surface area contributed by atoms with Crippen molar-refractivity contribution in [3.8, 4) is 5.75 Å². The Kier molecular flexibility index (Phi) is 6.40. The van der Waals surface area contributed by atoms with E-state index in [9.17, 15) is 9.18 Å². The largest absolute Gasteiger partial charge is 0.486 e. The number of hydrogen-bond acceptors (Lipinski definition) is 3. The highest BCUT2D eigenvalue weighted by Crippen LogP contribution is 2.35. The zero-order valence-corrected chi connectivity index (χ0v) is 15.8. The predicted octanol–water partition coefficient (Wildman–Crippen LogP) is 4.45.